The number of unbranched alkanes of at least 4 members (excludes halogenated alkanes) is 1. The van der Waals surface area contributed by atoms with Crippen LogP contribution in [-0.2, 0) is 13.1 Å². The lowest BCUT2D eigenvalue weighted by atomic mass is 10.1. The molecule has 3 aromatic rings. The Morgan fingerprint density at radius 3 is 2.46 bits per heavy atom. The molecule has 3 heterocycles. The van der Waals surface area contributed by atoms with Crippen LogP contribution in [0.5, 0.6) is 0 Å². The summed E-state index contributed by atoms with van der Waals surface area (Å²) in [5.41, 5.74) is 10.4. The molecule has 5 heteroatoms. The van der Waals surface area contributed by atoms with Gasteiger partial charge in [0.05, 0.1) is 11.4 Å². The zero-order valence-electron chi connectivity index (χ0n) is 15.3. The van der Waals surface area contributed by atoms with Gasteiger partial charge in [0.25, 0.3) is 0 Å². The van der Waals surface area contributed by atoms with E-state index in [0.29, 0.717) is 0 Å². The highest BCUT2D eigenvalue weighted by Gasteiger charge is 2.14. The topological polar surface area (TPSA) is 55.0 Å². The SMILES string of the molecule is Cc1cccnc1CN(CCCCN)Cc1ncccc1-c1cccs1. The number of pyridine rings is 2. The number of aryl methyl sites for hydroxylation is 1. The van der Waals surface area contributed by atoms with Gasteiger partial charge in [-0.2, -0.15) is 0 Å². The number of hydrogen-bond donors (Lipinski definition) is 1. The van der Waals surface area contributed by atoms with Gasteiger partial charge in [-0.05, 0) is 62.0 Å². The fourth-order valence-electron chi connectivity index (χ4n) is 3.02. The molecule has 0 saturated carbocycles. The van der Waals surface area contributed by atoms with Crippen LogP contribution in [0.3, 0.4) is 0 Å². The highest BCUT2D eigenvalue weighted by atomic mass is 32.1. The van der Waals surface area contributed by atoms with E-state index < -0.39 is 0 Å². The molecule has 0 radical (unpaired) electrons. The third-order valence-corrected chi connectivity index (χ3v) is 5.37. The van der Waals surface area contributed by atoms with Gasteiger partial charge in [-0.25, -0.2) is 0 Å². The van der Waals surface area contributed by atoms with Gasteiger partial charge in [0.2, 0.25) is 0 Å². The molecular weight excluding hydrogens is 340 g/mol. The monoisotopic (exact) mass is 366 g/mol. The van der Waals surface area contributed by atoms with Crippen molar-refractivity contribution < 1.29 is 0 Å². The Balaban J connectivity index is 1.81. The highest BCUT2D eigenvalue weighted by Crippen LogP contribution is 2.28. The van der Waals surface area contributed by atoms with E-state index in [-0.39, 0.29) is 0 Å². The highest BCUT2D eigenvalue weighted by molar-refractivity contribution is 7.13. The van der Waals surface area contributed by atoms with Gasteiger partial charge in [-0.15, -0.1) is 11.3 Å². The Morgan fingerprint density at radius 1 is 0.962 bits per heavy atom. The minimum absolute atomic E-state index is 0.737. The Kier molecular flexibility index (Phi) is 6.89. The number of nitrogens with zero attached hydrogens (tertiary/aromatic N) is 3. The van der Waals surface area contributed by atoms with E-state index in [1.807, 2.05) is 24.5 Å². The van der Waals surface area contributed by atoms with Gasteiger partial charge in [-0.1, -0.05) is 18.2 Å². The summed E-state index contributed by atoms with van der Waals surface area (Å²) >= 11 is 1.76. The molecule has 0 fully saturated rings. The second-order valence-corrected chi connectivity index (χ2v) is 7.40. The lowest BCUT2D eigenvalue weighted by Gasteiger charge is -2.23. The van der Waals surface area contributed by atoms with Crippen molar-refractivity contribution in [3.8, 4) is 10.4 Å². The molecular formula is C21H26N4S. The molecule has 136 valence electrons. The fraction of sp³-hybridized carbons (Fsp3) is 0.333. The zero-order valence-corrected chi connectivity index (χ0v) is 16.1. The van der Waals surface area contributed by atoms with Crippen LogP contribution in [0.4, 0.5) is 0 Å². The number of thiophene rings is 1. The standard InChI is InChI=1S/C21H26N4S/c1-17-7-4-11-23-19(17)15-25(13-3-2-10-22)16-20-18(8-5-12-24-20)21-9-6-14-26-21/h4-9,11-12,14H,2-3,10,13,15-16,22H2,1H3. The molecule has 0 spiro atoms. The molecule has 3 rings (SSSR count). The van der Waals surface area contributed by atoms with Gasteiger partial charge in [0.15, 0.2) is 0 Å². The summed E-state index contributed by atoms with van der Waals surface area (Å²) in [6, 6.07) is 12.5. The molecule has 0 aromatic carbocycles. The van der Waals surface area contributed by atoms with E-state index in [0.717, 1.165) is 50.4 Å². The molecule has 2 N–H and O–H groups in total. The van der Waals surface area contributed by atoms with E-state index >= 15 is 0 Å². The molecule has 26 heavy (non-hydrogen) atoms. The van der Waals surface area contributed by atoms with Crippen molar-refractivity contribution in [3.05, 3.63) is 71.1 Å². The molecule has 0 aliphatic rings. The third kappa shape index (κ3) is 4.97. The van der Waals surface area contributed by atoms with Crippen molar-refractivity contribution in [1.82, 2.24) is 14.9 Å². The lowest BCUT2D eigenvalue weighted by molar-refractivity contribution is 0.246. The molecule has 0 aliphatic heterocycles. The van der Waals surface area contributed by atoms with Crippen LogP contribution in [0.15, 0.2) is 54.2 Å². The molecule has 0 amide bonds. The van der Waals surface area contributed by atoms with Gasteiger partial charge >= 0.3 is 0 Å². The van der Waals surface area contributed by atoms with Gasteiger partial charge in [0, 0.05) is 35.9 Å². The molecule has 0 bridgehead atoms. The molecule has 0 saturated heterocycles. The summed E-state index contributed by atoms with van der Waals surface area (Å²) in [5, 5.41) is 2.11. The van der Waals surface area contributed by atoms with Gasteiger partial charge in [0.1, 0.15) is 0 Å². The van der Waals surface area contributed by atoms with E-state index in [1.54, 1.807) is 11.3 Å². The lowest BCUT2D eigenvalue weighted by Crippen LogP contribution is -2.26. The summed E-state index contributed by atoms with van der Waals surface area (Å²) in [4.78, 5) is 13.0. The Hall–Kier alpha value is -2.08. The van der Waals surface area contributed by atoms with Crippen molar-refractivity contribution in [1.29, 1.82) is 0 Å². The van der Waals surface area contributed by atoms with Gasteiger partial charge < -0.3 is 5.73 Å². The Labute approximate surface area is 159 Å². The second kappa shape index (κ2) is 9.57. The van der Waals surface area contributed by atoms with Crippen LogP contribution in [0, 0.1) is 6.92 Å². The maximum atomic E-state index is 5.69. The van der Waals surface area contributed by atoms with Crippen LogP contribution in [-0.4, -0.2) is 28.0 Å². The summed E-state index contributed by atoms with van der Waals surface area (Å²) in [5.74, 6) is 0. The minimum atomic E-state index is 0.737. The normalized spacial score (nSPS) is 11.2. The van der Waals surface area contributed by atoms with E-state index in [2.05, 4.69) is 51.4 Å². The van der Waals surface area contributed by atoms with Crippen molar-refractivity contribution in [3.63, 3.8) is 0 Å². The third-order valence-electron chi connectivity index (χ3n) is 4.47. The predicted molar refractivity (Wildman–Crippen MR) is 109 cm³/mol. The predicted octanol–water partition coefficient (Wildman–Crippen LogP) is 4.25. The maximum Gasteiger partial charge on any atom is 0.0630 e. The number of aromatic nitrogens is 2. The first-order valence-corrected chi connectivity index (χ1v) is 9.96. The van der Waals surface area contributed by atoms with Crippen LogP contribution in [0.1, 0.15) is 29.8 Å². The van der Waals surface area contributed by atoms with Crippen molar-refractivity contribution in [2.45, 2.75) is 32.9 Å². The average molecular weight is 367 g/mol. The van der Waals surface area contributed by atoms with Crippen molar-refractivity contribution in [2.24, 2.45) is 5.73 Å². The first-order chi connectivity index (χ1) is 12.8. The number of rotatable bonds is 9. The summed E-state index contributed by atoms with van der Waals surface area (Å²) in [6.07, 6.45) is 5.88. The fourth-order valence-corrected chi connectivity index (χ4v) is 3.80. The van der Waals surface area contributed by atoms with Crippen LogP contribution in [0.25, 0.3) is 10.4 Å². The van der Waals surface area contributed by atoms with Gasteiger partial charge in [-0.3, -0.25) is 14.9 Å². The van der Waals surface area contributed by atoms with E-state index in [9.17, 15) is 0 Å². The van der Waals surface area contributed by atoms with Crippen molar-refractivity contribution in [2.75, 3.05) is 13.1 Å². The second-order valence-electron chi connectivity index (χ2n) is 6.45. The smallest absolute Gasteiger partial charge is 0.0630 e. The Morgan fingerprint density at radius 2 is 1.73 bits per heavy atom. The van der Waals surface area contributed by atoms with E-state index in [1.165, 1.54) is 16.0 Å². The van der Waals surface area contributed by atoms with Crippen LogP contribution >= 0.6 is 11.3 Å². The van der Waals surface area contributed by atoms with Crippen LogP contribution < -0.4 is 5.73 Å². The first-order valence-electron chi connectivity index (χ1n) is 9.08. The quantitative estimate of drug-likeness (QED) is 0.575. The maximum absolute atomic E-state index is 5.69. The molecule has 3 aromatic heterocycles. The molecule has 4 nitrogen and oxygen atoms in total. The number of nitrogens with two attached hydrogens (primary N) is 1. The number of hydrogen-bond acceptors (Lipinski definition) is 5. The average Bonchev–Trinajstić information content (AvgIpc) is 3.19. The summed E-state index contributed by atoms with van der Waals surface area (Å²) in [7, 11) is 0. The van der Waals surface area contributed by atoms with Crippen LogP contribution in [0.2, 0.25) is 0 Å². The largest absolute Gasteiger partial charge is 0.330 e. The first kappa shape index (κ1) is 18.7. The van der Waals surface area contributed by atoms with E-state index in [4.69, 9.17) is 5.73 Å². The Bertz CT molecular complexity index is 801. The summed E-state index contributed by atoms with van der Waals surface area (Å²) in [6.45, 7) is 5.50. The minimum Gasteiger partial charge on any atom is -0.330 e. The van der Waals surface area contributed by atoms with Crippen molar-refractivity contribution >= 4 is 11.3 Å². The summed E-state index contributed by atoms with van der Waals surface area (Å²) < 4.78 is 0. The molecule has 0 aliphatic carbocycles. The zero-order chi connectivity index (χ0) is 18.2. The molecule has 0 unspecified atom stereocenters. The molecule has 0 atom stereocenters.